The van der Waals surface area contributed by atoms with Crippen molar-refractivity contribution in [1.29, 1.82) is 0 Å². The number of likely N-dealkylation sites (N-methyl/N-ethyl adjacent to an activating group) is 1. The summed E-state index contributed by atoms with van der Waals surface area (Å²) in [5.74, 6) is 1.05. The summed E-state index contributed by atoms with van der Waals surface area (Å²) >= 11 is 0. The summed E-state index contributed by atoms with van der Waals surface area (Å²) in [5, 5.41) is 4.56. The van der Waals surface area contributed by atoms with Crippen LogP contribution in [-0.4, -0.2) is 64.4 Å². The van der Waals surface area contributed by atoms with E-state index < -0.39 is 0 Å². The highest BCUT2D eigenvalue weighted by Crippen LogP contribution is 2.22. The molecule has 8 nitrogen and oxygen atoms in total. The number of hydrogen-bond donors (Lipinski definition) is 1. The van der Waals surface area contributed by atoms with Gasteiger partial charge in [0, 0.05) is 52.0 Å². The predicted octanol–water partition coefficient (Wildman–Crippen LogP) is 3.02. The van der Waals surface area contributed by atoms with Crippen LogP contribution in [0.5, 0.6) is 0 Å². The Kier molecular flexibility index (Phi) is 7.02. The van der Waals surface area contributed by atoms with Gasteiger partial charge in [0.15, 0.2) is 5.52 Å². The number of aromatic amines is 1. The van der Waals surface area contributed by atoms with Crippen molar-refractivity contribution in [2.75, 3.05) is 49.6 Å². The fourth-order valence-corrected chi connectivity index (χ4v) is 4.59. The van der Waals surface area contributed by atoms with Gasteiger partial charge in [-0.2, -0.15) is 5.10 Å². The van der Waals surface area contributed by atoms with Crippen molar-refractivity contribution in [3.8, 4) is 0 Å². The molecule has 1 N–H and O–H groups in total. The van der Waals surface area contributed by atoms with Gasteiger partial charge >= 0.3 is 0 Å². The second-order valence-corrected chi connectivity index (χ2v) is 9.64. The first kappa shape index (κ1) is 23.3. The second kappa shape index (κ2) is 9.95. The Morgan fingerprint density at radius 3 is 2.61 bits per heavy atom. The Bertz CT molecular complexity index is 1140. The molecule has 1 saturated heterocycles. The molecule has 2 aromatic heterocycles. The summed E-state index contributed by atoms with van der Waals surface area (Å²) in [6.07, 6.45) is 1.77. The van der Waals surface area contributed by atoms with Gasteiger partial charge in [-0.15, -0.1) is 0 Å². The van der Waals surface area contributed by atoms with Crippen LogP contribution in [0.15, 0.2) is 29.1 Å². The first-order chi connectivity index (χ1) is 15.9. The van der Waals surface area contributed by atoms with E-state index in [2.05, 4.69) is 76.9 Å². The van der Waals surface area contributed by atoms with Gasteiger partial charge in [-0.05, 0) is 37.1 Å². The first-order valence-corrected chi connectivity index (χ1v) is 12.1. The van der Waals surface area contributed by atoms with E-state index in [1.807, 2.05) is 7.05 Å². The molecule has 33 heavy (non-hydrogen) atoms. The minimum atomic E-state index is -0.132. The lowest BCUT2D eigenvalue weighted by Crippen LogP contribution is -2.44. The number of fused-ring (bicyclic) bond motifs is 1. The first-order valence-electron chi connectivity index (χ1n) is 12.1. The Morgan fingerprint density at radius 1 is 1.15 bits per heavy atom. The Morgan fingerprint density at radius 2 is 1.91 bits per heavy atom. The lowest BCUT2D eigenvalue weighted by molar-refractivity contribution is 0.313. The third-order valence-electron chi connectivity index (χ3n) is 6.27. The number of nitrogens with one attached hydrogen (secondary N) is 1. The van der Waals surface area contributed by atoms with E-state index in [1.54, 1.807) is 4.68 Å². The maximum atomic E-state index is 13.0. The van der Waals surface area contributed by atoms with Crippen molar-refractivity contribution in [2.45, 2.75) is 40.2 Å². The van der Waals surface area contributed by atoms with Crippen LogP contribution >= 0.6 is 0 Å². The molecule has 178 valence electrons. The van der Waals surface area contributed by atoms with Gasteiger partial charge in [0.05, 0.1) is 5.69 Å². The number of piperazine rings is 1. The average Bonchev–Trinajstić information content (AvgIpc) is 3.09. The second-order valence-electron chi connectivity index (χ2n) is 9.64. The fourth-order valence-electron chi connectivity index (χ4n) is 4.59. The molecule has 3 heterocycles. The minimum Gasteiger partial charge on any atom is -0.369 e. The van der Waals surface area contributed by atoms with Gasteiger partial charge < -0.3 is 14.7 Å². The molecule has 8 heteroatoms. The van der Waals surface area contributed by atoms with E-state index in [4.69, 9.17) is 4.98 Å². The van der Waals surface area contributed by atoms with Crippen molar-refractivity contribution >= 4 is 22.7 Å². The third-order valence-corrected chi connectivity index (χ3v) is 6.27. The van der Waals surface area contributed by atoms with Crippen molar-refractivity contribution in [2.24, 2.45) is 13.0 Å². The van der Waals surface area contributed by atoms with Gasteiger partial charge in [0.25, 0.3) is 5.56 Å². The van der Waals surface area contributed by atoms with Crippen LogP contribution in [0.4, 0.5) is 11.6 Å². The molecule has 0 amide bonds. The molecule has 1 aliphatic rings. The summed E-state index contributed by atoms with van der Waals surface area (Å²) in [7, 11) is 3.99. The van der Waals surface area contributed by atoms with Gasteiger partial charge in [0.2, 0.25) is 5.95 Å². The molecular weight excluding hydrogens is 414 g/mol. The fraction of sp³-hybridized carbons (Fsp3) is 0.560. The number of H-pyrrole nitrogens is 1. The van der Waals surface area contributed by atoms with Crippen LogP contribution in [0, 0.1) is 5.92 Å². The average molecular weight is 452 g/mol. The number of hydrogen-bond acceptors (Lipinski definition) is 6. The molecule has 0 unspecified atom stereocenters. The summed E-state index contributed by atoms with van der Waals surface area (Å²) < 4.78 is 1.66. The molecule has 0 spiro atoms. The lowest BCUT2D eigenvalue weighted by atomic mass is 10.1. The quantitative estimate of drug-likeness (QED) is 0.568. The molecule has 3 aromatic rings. The van der Waals surface area contributed by atoms with E-state index in [0.29, 0.717) is 23.9 Å². The molecule has 0 radical (unpaired) electrons. The molecule has 0 atom stereocenters. The van der Waals surface area contributed by atoms with Crippen LogP contribution in [0.2, 0.25) is 0 Å². The number of anilines is 2. The summed E-state index contributed by atoms with van der Waals surface area (Å²) in [6.45, 7) is 12.2. The monoisotopic (exact) mass is 451 g/mol. The van der Waals surface area contributed by atoms with Gasteiger partial charge in [-0.3, -0.25) is 14.5 Å². The number of rotatable bonds is 8. The van der Waals surface area contributed by atoms with E-state index >= 15 is 0 Å². The van der Waals surface area contributed by atoms with E-state index in [-0.39, 0.29) is 5.56 Å². The van der Waals surface area contributed by atoms with Crippen LogP contribution in [0.3, 0.4) is 0 Å². The summed E-state index contributed by atoms with van der Waals surface area (Å²) in [4.78, 5) is 27.9. The Labute approximate surface area is 196 Å². The van der Waals surface area contributed by atoms with Crippen molar-refractivity contribution in [3.63, 3.8) is 0 Å². The van der Waals surface area contributed by atoms with Crippen LogP contribution < -0.4 is 15.4 Å². The zero-order chi connectivity index (χ0) is 23.5. The molecule has 1 aromatic carbocycles. The zero-order valence-electron chi connectivity index (χ0n) is 20.6. The van der Waals surface area contributed by atoms with E-state index in [9.17, 15) is 4.79 Å². The zero-order valence-corrected chi connectivity index (χ0v) is 20.6. The number of nitrogens with zero attached hydrogens (tertiary/aromatic N) is 6. The van der Waals surface area contributed by atoms with Crippen molar-refractivity contribution < 1.29 is 0 Å². The molecule has 0 bridgehead atoms. The van der Waals surface area contributed by atoms with E-state index in [0.717, 1.165) is 56.8 Å². The lowest BCUT2D eigenvalue weighted by Gasteiger charge is -2.34. The topological polar surface area (TPSA) is 73.3 Å². The smallest absolute Gasteiger partial charge is 0.278 e. The molecule has 4 rings (SSSR count). The highest BCUT2D eigenvalue weighted by Gasteiger charge is 2.19. The number of aromatic nitrogens is 4. The van der Waals surface area contributed by atoms with Crippen LogP contribution in [0.1, 0.15) is 38.4 Å². The standard InChI is InChI=1S/C25H37N7O/c1-6-8-21-22-23(30(5)28-21)24(33)27-25(26-22)32(16-18(2)3)17-19-9-7-10-20(15-19)31-13-11-29(4)12-14-31/h7,9-10,15,18H,6,8,11-14,16-17H2,1-5H3,(H,26,27,33). The number of aryl methyl sites for hydroxylation is 2. The Hall–Kier alpha value is -2.87. The van der Waals surface area contributed by atoms with Crippen LogP contribution in [-0.2, 0) is 20.0 Å². The number of benzene rings is 1. The Balaban J connectivity index is 1.66. The minimum absolute atomic E-state index is 0.132. The SMILES string of the molecule is CCCc1nn(C)c2c(=O)[nH]c(N(Cc3cccc(N4CCN(C)CC4)c3)CC(C)C)nc12. The van der Waals surface area contributed by atoms with Gasteiger partial charge in [-0.1, -0.05) is 39.3 Å². The largest absolute Gasteiger partial charge is 0.369 e. The molecule has 1 fully saturated rings. The maximum Gasteiger partial charge on any atom is 0.278 e. The third kappa shape index (κ3) is 5.21. The van der Waals surface area contributed by atoms with Crippen molar-refractivity contribution in [1.82, 2.24) is 24.6 Å². The maximum absolute atomic E-state index is 13.0. The summed E-state index contributed by atoms with van der Waals surface area (Å²) in [5.41, 5.74) is 4.51. The normalized spacial score (nSPS) is 15.0. The molecule has 0 saturated carbocycles. The predicted molar refractivity (Wildman–Crippen MR) is 135 cm³/mol. The highest BCUT2D eigenvalue weighted by molar-refractivity contribution is 5.77. The molecule has 1 aliphatic heterocycles. The van der Waals surface area contributed by atoms with Gasteiger partial charge in [-0.25, -0.2) is 4.98 Å². The van der Waals surface area contributed by atoms with Crippen molar-refractivity contribution in [3.05, 3.63) is 45.9 Å². The van der Waals surface area contributed by atoms with E-state index in [1.165, 1.54) is 11.3 Å². The molecular formula is C25H37N7O. The highest BCUT2D eigenvalue weighted by atomic mass is 16.1. The van der Waals surface area contributed by atoms with Crippen LogP contribution in [0.25, 0.3) is 11.0 Å². The molecule has 0 aliphatic carbocycles. The summed E-state index contributed by atoms with van der Waals surface area (Å²) in [6, 6.07) is 8.77. The van der Waals surface area contributed by atoms with Gasteiger partial charge in [0.1, 0.15) is 5.52 Å².